The maximum atomic E-state index is 9.79. The normalized spacial score (nSPS) is 24.2. The summed E-state index contributed by atoms with van der Waals surface area (Å²) in [6.45, 7) is 4.61. The summed E-state index contributed by atoms with van der Waals surface area (Å²) in [7, 11) is 0. The van der Waals surface area contributed by atoms with Crippen LogP contribution in [-0.4, -0.2) is 29.7 Å². The number of phenolic OH excluding ortho intramolecular Hbond substituents is 1. The van der Waals surface area contributed by atoms with Crippen molar-refractivity contribution in [2.24, 2.45) is 9.98 Å². The van der Waals surface area contributed by atoms with E-state index in [0.717, 1.165) is 53.1 Å². The van der Waals surface area contributed by atoms with E-state index >= 15 is 0 Å². The number of rotatable bonds is 3. The molecule has 0 bridgehead atoms. The fraction of sp³-hybridized carbons (Fsp3) is 0.138. The van der Waals surface area contributed by atoms with Gasteiger partial charge in [0.05, 0.1) is 25.4 Å². The number of aliphatic imine (C=N–C) groups is 2. The lowest BCUT2D eigenvalue weighted by molar-refractivity contribution is 0.475. The van der Waals surface area contributed by atoms with Gasteiger partial charge in [0, 0.05) is 16.7 Å². The van der Waals surface area contributed by atoms with Crippen LogP contribution in [-0.2, 0) is 0 Å². The Labute approximate surface area is 221 Å². The SMILES string of the molecule is CC12SC(c3ccccc3)=NC1=c1nc(-c3ccc(O)cc3)sc1=C1N=C(c3ccccc3)SC12C. The van der Waals surface area contributed by atoms with Crippen molar-refractivity contribution in [3.8, 4) is 16.3 Å². The number of phenols is 1. The lowest BCUT2D eigenvalue weighted by Crippen LogP contribution is -2.53. The summed E-state index contributed by atoms with van der Waals surface area (Å²) < 4.78 is 0.431. The molecule has 1 N–H and O–H groups in total. The highest BCUT2D eigenvalue weighted by Gasteiger charge is 2.60. The van der Waals surface area contributed by atoms with Crippen LogP contribution in [0.5, 0.6) is 5.75 Å². The van der Waals surface area contributed by atoms with Crippen LogP contribution in [0.25, 0.3) is 22.0 Å². The monoisotopic (exact) mass is 523 g/mol. The Kier molecular flexibility index (Phi) is 4.87. The zero-order valence-corrected chi connectivity index (χ0v) is 22.0. The van der Waals surface area contributed by atoms with Crippen LogP contribution in [0.15, 0.2) is 94.9 Å². The molecule has 0 fully saturated rings. The topological polar surface area (TPSA) is 57.8 Å². The molecule has 2 aliphatic heterocycles. The van der Waals surface area contributed by atoms with E-state index in [4.69, 9.17) is 15.0 Å². The molecule has 7 rings (SSSR count). The molecule has 2 unspecified atom stereocenters. The van der Waals surface area contributed by atoms with Crippen LogP contribution in [0, 0.1) is 0 Å². The number of hydrogen-bond acceptors (Lipinski definition) is 7. The number of fused-ring (bicyclic) bond motifs is 4. The van der Waals surface area contributed by atoms with E-state index in [1.54, 1.807) is 23.5 Å². The zero-order valence-electron chi connectivity index (χ0n) is 19.6. The lowest BCUT2D eigenvalue weighted by Gasteiger charge is -2.41. The molecule has 1 aromatic heterocycles. The summed E-state index contributed by atoms with van der Waals surface area (Å²) in [5, 5.41) is 13.7. The predicted molar refractivity (Wildman–Crippen MR) is 153 cm³/mol. The quantitative estimate of drug-likeness (QED) is 0.377. The minimum atomic E-state index is -0.342. The standard InChI is InChI=1S/C29H21N3OS3/c1-28-23(31-26(35-28)17-9-5-3-6-10-17)21-22(34-25(30-21)19-13-15-20(33)16-14-19)24-29(28,2)36-27(32-24)18-11-7-4-8-12-18/h3-16,33H,1-2H3. The van der Waals surface area contributed by atoms with Crippen molar-refractivity contribution < 1.29 is 5.11 Å². The summed E-state index contributed by atoms with van der Waals surface area (Å²) in [4.78, 5) is 15.6. The Morgan fingerprint density at radius 2 is 1.17 bits per heavy atom. The van der Waals surface area contributed by atoms with Crippen molar-refractivity contribution >= 4 is 56.3 Å². The number of aromatic nitrogens is 1. The Morgan fingerprint density at radius 3 is 1.75 bits per heavy atom. The second kappa shape index (κ2) is 7.93. The van der Waals surface area contributed by atoms with Crippen LogP contribution in [0.2, 0.25) is 0 Å². The molecule has 0 spiro atoms. The maximum Gasteiger partial charge on any atom is 0.124 e. The van der Waals surface area contributed by atoms with E-state index in [9.17, 15) is 5.11 Å². The van der Waals surface area contributed by atoms with E-state index in [-0.39, 0.29) is 15.2 Å². The first-order valence-corrected chi connectivity index (χ1v) is 14.1. The molecule has 3 aromatic carbocycles. The minimum absolute atomic E-state index is 0.248. The van der Waals surface area contributed by atoms with Crippen molar-refractivity contribution in [3.05, 3.63) is 106 Å². The molecule has 4 nitrogen and oxygen atoms in total. The lowest BCUT2D eigenvalue weighted by atomic mass is 9.85. The molecular weight excluding hydrogens is 503 g/mol. The Hall–Kier alpha value is -3.13. The van der Waals surface area contributed by atoms with Crippen LogP contribution >= 0.6 is 34.9 Å². The molecule has 0 amide bonds. The molecule has 4 aromatic rings. The van der Waals surface area contributed by atoms with Gasteiger partial charge in [-0.1, -0.05) is 84.2 Å². The molecular formula is C29H21N3OS3. The molecule has 3 aliphatic rings. The summed E-state index contributed by atoms with van der Waals surface area (Å²) in [6.07, 6.45) is 0. The van der Waals surface area contributed by atoms with Crippen LogP contribution in [0.4, 0.5) is 0 Å². The highest BCUT2D eigenvalue weighted by atomic mass is 32.2. The van der Waals surface area contributed by atoms with Gasteiger partial charge in [0.1, 0.15) is 26.2 Å². The van der Waals surface area contributed by atoms with Crippen molar-refractivity contribution in [2.75, 3.05) is 0 Å². The molecule has 0 saturated heterocycles. The Balaban J connectivity index is 1.52. The largest absolute Gasteiger partial charge is 0.508 e. The van der Waals surface area contributed by atoms with Gasteiger partial charge in [-0.25, -0.2) is 15.0 Å². The van der Waals surface area contributed by atoms with Crippen molar-refractivity contribution in [1.29, 1.82) is 0 Å². The predicted octanol–water partition coefficient (Wildman–Crippen LogP) is 5.65. The highest BCUT2D eigenvalue weighted by Crippen LogP contribution is 2.62. The number of hydrogen-bond donors (Lipinski definition) is 1. The molecule has 176 valence electrons. The summed E-state index contributed by atoms with van der Waals surface area (Å²) >= 11 is 5.32. The van der Waals surface area contributed by atoms with Gasteiger partial charge in [-0.15, -0.1) is 11.3 Å². The van der Waals surface area contributed by atoms with Gasteiger partial charge in [-0.3, -0.25) is 0 Å². The minimum Gasteiger partial charge on any atom is -0.508 e. The first-order chi connectivity index (χ1) is 17.5. The number of benzene rings is 3. The molecule has 7 heteroatoms. The average Bonchev–Trinajstić information content (AvgIpc) is 3.60. The molecule has 0 radical (unpaired) electrons. The van der Waals surface area contributed by atoms with Gasteiger partial charge in [-0.2, -0.15) is 0 Å². The number of aromatic hydroxyl groups is 1. The fourth-order valence-corrected chi connectivity index (χ4v) is 9.02. The highest BCUT2D eigenvalue weighted by molar-refractivity contribution is 8.20. The van der Waals surface area contributed by atoms with Crippen LogP contribution < -0.4 is 9.88 Å². The van der Waals surface area contributed by atoms with Gasteiger partial charge >= 0.3 is 0 Å². The van der Waals surface area contributed by atoms with Gasteiger partial charge in [-0.05, 0) is 38.1 Å². The van der Waals surface area contributed by atoms with Gasteiger partial charge in [0.15, 0.2) is 0 Å². The molecule has 0 saturated carbocycles. The Bertz CT molecular complexity index is 1600. The smallest absolute Gasteiger partial charge is 0.124 e. The fourth-order valence-electron chi connectivity index (χ4n) is 4.92. The molecule has 3 heterocycles. The van der Waals surface area contributed by atoms with Crippen molar-refractivity contribution in [1.82, 2.24) is 4.98 Å². The maximum absolute atomic E-state index is 9.79. The first kappa shape index (κ1) is 22.1. The van der Waals surface area contributed by atoms with Crippen molar-refractivity contribution in [2.45, 2.75) is 23.3 Å². The van der Waals surface area contributed by atoms with Gasteiger partial charge in [0.25, 0.3) is 0 Å². The summed E-state index contributed by atoms with van der Waals surface area (Å²) in [5.41, 5.74) is 5.33. The summed E-state index contributed by atoms with van der Waals surface area (Å²) in [6, 6.07) is 28.1. The first-order valence-electron chi connectivity index (χ1n) is 11.7. The molecule has 1 aliphatic carbocycles. The van der Waals surface area contributed by atoms with E-state index in [1.165, 1.54) is 0 Å². The second-order valence-electron chi connectivity index (χ2n) is 9.28. The third-order valence-corrected chi connectivity index (χ3v) is 11.4. The van der Waals surface area contributed by atoms with Crippen LogP contribution in [0.3, 0.4) is 0 Å². The van der Waals surface area contributed by atoms with E-state index in [2.05, 4.69) is 62.4 Å². The molecule has 2 atom stereocenters. The average molecular weight is 524 g/mol. The third kappa shape index (κ3) is 3.13. The second-order valence-corrected chi connectivity index (χ2v) is 13.1. The Morgan fingerprint density at radius 1 is 0.639 bits per heavy atom. The van der Waals surface area contributed by atoms with E-state index < -0.39 is 0 Å². The van der Waals surface area contributed by atoms with Crippen LogP contribution in [0.1, 0.15) is 25.0 Å². The van der Waals surface area contributed by atoms with E-state index in [1.807, 2.05) is 47.8 Å². The number of thioether (sulfide) groups is 2. The third-order valence-electron chi connectivity index (χ3n) is 7.06. The van der Waals surface area contributed by atoms with Gasteiger partial charge < -0.3 is 5.11 Å². The van der Waals surface area contributed by atoms with Gasteiger partial charge in [0.2, 0.25) is 0 Å². The zero-order chi connectivity index (χ0) is 24.5. The van der Waals surface area contributed by atoms with E-state index in [0.29, 0.717) is 0 Å². The number of thiazole rings is 1. The molecule has 36 heavy (non-hydrogen) atoms. The summed E-state index contributed by atoms with van der Waals surface area (Å²) in [5.74, 6) is 0.248. The number of nitrogens with zero attached hydrogens (tertiary/aromatic N) is 3. The van der Waals surface area contributed by atoms with Crippen molar-refractivity contribution in [3.63, 3.8) is 0 Å².